The third kappa shape index (κ3) is 11.7. The summed E-state index contributed by atoms with van der Waals surface area (Å²) in [5, 5.41) is 25.5. The summed E-state index contributed by atoms with van der Waals surface area (Å²) in [5.74, 6) is -0.501. The lowest BCUT2D eigenvalue weighted by Crippen LogP contribution is -2.44. The second-order valence-corrected chi connectivity index (χ2v) is 15.7. The van der Waals surface area contributed by atoms with Gasteiger partial charge in [-0.25, -0.2) is 27.1 Å². The van der Waals surface area contributed by atoms with Gasteiger partial charge in [-0.05, 0) is 55.3 Å². The number of amides is 2. The predicted octanol–water partition coefficient (Wildman–Crippen LogP) is 0.356. The van der Waals surface area contributed by atoms with Crippen LogP contribution in [0.3, 0.4) is 0 Å². The second-order valence-electron chi connectivity index (χ2n) is 10.0. The minimum Gasteiger partial charge on any atom is -0.331 e. The molecule has 0 aromatic heterocycles. The summed E-state index contributed by atoms with van der Waals surface area (Å²) in [5.41, 5.74) is 7.21. The van der Waals surface area contributed by atoms with Crippen LogP contribution in [0.2, 0.25) is 0 Å². The molecule has 1 aliphatic rings. The molecular formula is C26H38N8O6S4. The average molecular weight is 687 g/mol. The van der Waals surface area contributed by atoms with E-state index in [-0.39, 0.29) is 45.2 Å². The van der Waals surface area contributed by atoms with E-state index in [0.717, 1.165) is 25.7 Å². The maximum Gasteiger partial charge on any atom is 0.238 e. The lowest BCUT2D eigenvalue weighted by molar-refractivity contribution is -0.121. The zero-order valence-corrected chi connectivity index (χ0v) is 27.6. The van der Waals surface area contributed by atoms with Crippen molar-refractivity contribution in [3.05, 3.63) is 59.7 Å². The molecule has 0 saturated heterocycles. The number of hydrogen-bond donors (Lipinski definition) is 6. The number of nitrogens with zero attached hydrogens (tertiary/aromatic N) is 2. The minimum atomic E-state index is -3.79. The molecule has 18 heteroatoms. The Balaban J connectivity index is 1.34. The van der Waals surface area contributed by atoms with E-state index in [0.29, 0.717) is 16.3 Å². The van der Waals surface area contributed by atoms with Crippen molar-refractivity contribution in [2.45, 2.75) is 64.6 Å². The molecule has 2 amide bonds. The molecule has 44 heavy (non-hydrogen) atoms. The third-order valence-corrected chi connectivity index (χ3v) is 10.7. The summed E-state index contributed by atoms with van der Waals surface area (Å²) in [7, 11) is -4.01. The van der Waals surface area contributed by atoms with Crippen LogP contribution in [0.1, 0.15) is 36.8 Å². The molecule has 1 aliphatic heterocycles. The van der Waals surface area contributed by atoms with Gasteiger partial charge in [-0.3, -0.25) is 19.9 Å². The summed E-state index contributed by atoms with van der Waals surface area (Å²) in [6.45, 7) is 0. The number of unbranched alkanes of at least 4 members (excludes halogenated alkanes) is 1. The fourth-order valence-corrected chi connectivity index (χ4v) is 7.25. The zero-order chi connectivity index (χ0) is 32.5. The third-order valence-electron chi connectivity index (χ3n) is 6.45. The van der Waals surface area contributed by atoms with Gasteiger partial charge in [-0.2, -0.15) is 5.10 Å². The van der Waals surface area contributed by atoms with Crippen LogP contribution in [0.4, 0.5) is 0 Å². The van der Waals surface area contributed by atoms with Gasteiger partial charge in [-0.15, -0.1) is 11.8 Å². The molecule has 3 rings (SSSR count). The lowest BCUT2D eigenvalue weighted by atomic mass is 10.1. The topological polar surface area (TPSA) is 232 Å². The van der Waals surface area contributed by atoms with Crippen molar-refractivity contribution >= 4 is 60.6 Å². The number of amidine groups is 1. The number of thioether (sulfide) groups is 2. The molecule has 0 spiro atoms. The highest BCUT2D eigenvalue weighted by molar-refractivity contribution is 8.14. The molecule has 0 radical (unpaired) electrons. The SMILES string of the molecule is CNC(NC(=O)Cc1ccc(S(N)(=O)=O)cc1)SC(N)CCCCC1SC(NC(=O)Cc2ccc(S(N)(=O)=O)cc2)=NN1C. The highest BCUT2D eigenvalue weighted by Gasteiger charge is 2.25. The minimum absolute atomic E-state index is 0.0139. The van der Waals surface area contributed by atoms with Crippen molar-refractivity contribution < 1.29 is 26.4 Å². The number of benzene rings is 2. The Kier molecular flexibility index (Phi) is 13.0. The Morgan fingerprint density at radius 2 is 1.45 bits per heavy atom. The van der Waals surface area contributed by atoms with Crippen LogP contribution < -0.4 is 32.0 Å². The van der Waals surface area contributed by atoms with Gasteiger partial charge >= 0.3 is 0 Å². The molecule has 0 bridgehead atoms. The molecule has 0 fully saturated rings. The smallest absolute Gasteiger partial charge is 0.238 e. The highest BCUT2D eigenvalue weighted by Crippen LogP contribution is 2.28. The standard InChI is InChI=1S/C26H38N8O6S4/c1-30-25(31-22(35)15-17-7-11-19(12-8-17)43(28,37)38)41-21(27)5-3-4-6-24-34(2)33-26(42-24)32-23(36)16-18-9-13-20(14-10-18)44(29,39)40/h7-14,21,24-25,30H,3-6,15-16,27H2,1-2H3,(H,31,35)(H2,28,37,38)(H2,29,39,40)(H,32,33,36). The predicted molar refractivity (Wildman–Crippen MR) is 173 cm³/mol. The van der Waals surface area contributed by atoms with E-state index >= 15 is 0 Å². The first-order valence-electron chi connectivity index (χ1n) is 13.5. The molecule has 9 N–H and O–H groups in total. The van der Waals surface area contributed by atoms with Crippen molar-refractivity contribution in [1.82, 2.24) is 21.0 Å². The molecule has 3 unspecified atom stereocenters. The molecule has 2 aromatic carbocycles. The van der Waals surface area contributed by atoms with Crippen LogP contribution in [0.25, 0.3) is 0 Å². The summed E-state index contributed by atoms with van der Waals surface area (Å²) < 4.78 is 45.6. The van der Waals surface area contributed by atoms with Crippen molar-refractivity contribution in [3.8, 4) is 0 Å². The number of nitrogens with two attached hydrogens (primary N) is 3. The van der Waals surface area contributed by atoms with Crippen molar-refractivity contribution in [3.63, 3.8) is 0 Å². The van der Waals surface area contributed by atoms with E-state index in [9.17, 15) is 26.4 Å². The number of nitrogens with one attached hydrogen (secondary N) is 3. The molecule has 14 nitrogen and oxygen atoms in total. The van der Waals surface area contributed by atoms with Crippen LogP contribution in [-0.4, -0.2) is 69.2 Å². The van der Waals surface area contributed by atoms with Crippen LogP contribution in [0.15, 0.2) is 63.4 Å². The first-order valence-corrected chi connectivity index (χ1v) is 18.4. The Morgan fingerprint density at radius 3 is 1.95 bits per heavy atom. The van der Waals surface area contributed by atoms with Crippen LogP contribution in [0.5, 0.6) is 0 Å². The fourth-order valence-electron chi connectivity index (χ4n) is 4.14. The van der Waals surface area contributed by atoms with E-state index in [1.807, 2.05) is 12.1 Å². The first-order chi connectivity index (χ1) is 20.6. The molecule has 242 valence electrons. The maximum absolute atomic E-state index is 12.5. The van der Waals surface area contributed by atoms with Crippen molar-refractivity contribution in [2.24, 2.45) is 21.1 Å². The van der Waals surface area contributed by atoms with E-state index in [1.54, 1.807) is 31.3 Å². The number of sulfonamides is 2. The largest absolute Gasteiger partial charge is 0.331 e. The second kappa shape index (κ2) is 16.0. The van der Waals surface area contributed by atoms with Gasteiger partial charge in [0.05, 0.1) is 33.4 Å². The number of rotatable bonds is 15. The molecule has 3 atom stereocenters. The van der Waals surface area contributed by atoms with E-state index in [1.165, 1.54) is 47.8 Å². The molecule has 0 saturated carbocycles. The molecule has 1 heterocycles. The first kappa shape index (κ1) is 35.8. The number of carbonyl (C=O) groups is 2. The number of hydrogen-bond acceptors (Lipinski definition) is 12. The quantitative estimate of drug-likeness (QED) is 0.111. The normalized spacial score (nSPS) is 16.7. The van der Waals surface area contributed by atoms with Gasteiger partial charge in [0.15, 0.2) is 5.17 Å². The van der Waals surface area contributed by atoms with Crippen LogP contribution in [0, 0.1) is 0 Å². The maximum atomic E-state index is 12.5. The molecular weight excluding hydrogens is 649 g/mol. The number of primary sulfonamides is 2. The Bertz CT molecular complexity index is 1540. The van der Waals surface area contributed by atoms with Gasteiger partial charge in [0, 0.05) is 7.05 Å². The molecule has 0 aliphatic carbocycles. The summed E-state index contributed by atoms with van der Waals surface area (Å²) in [6, 6.07) is 11.7. The van der Waals surface area contributed by atoms with Crippen LogP contribution >= 0.6 is 23.5 Å². The summed E-state index contributed by atoms with van der Waals surface area (Å²) >= 11 is 2.86. The Hall–Kier alpha value is -2.71. The monoisotopic (exact) mass is 686 g/mol. The lowest BCUT2D eigenvalue weighted by Gasteiger charge is -2.22. The fraction of sp³-hybridized carbons (Fsp3) is 0.423. The van der Waals surface area contributed by atoms with Gasteiger partial charge in [0.25, 0.3) is 0 Å². The molecule has 2 aromatic rings. The zero-order valence-electron chi connectivity index (χ0n) is 24.3. The van der Waals surface area contributed by atoms with Crippen molar-refractivity contribution in [2.75, 3.05) is 14.1 Å². The van der Waals surface area contributed by atoms with Gasteiger partial charge < -0.3 is 16.4 Å². The van der Waals surface area contributed by atoms with E-state index in [2.05, 4.69) is 21.1 Å². The van der Waals surface area contributed by atoms with Gasteiger partial charge in [-0.1, -0.05) is 48.9 Å². The number of hydrazone groups is 1. The Labute approximate surface area is 266 Å². The highest BCUT2D eigenvalue weighted by atomic mass is 32.2. The van der Waals surface area contributed by atoms with Gasteiger partial charge in [0.1, 0.15) is 5.50 Å². The van der Waals surface area contributed by atoms with E-state index in [4.69, 9.17) is 16.0 Å². The van der Waals surface area contributed by atoms with E-state index < -0.39 is 25.5 Å². The van der Waals surface area contributed by atoms with Gasteiger partial charge in [0.2, 0.25) is 31.9 Å². The average Bonchev–Trinajstić information content (AvgIpc) is 3.28. The summed E-state index contributed by atoms with van der Waals surface area (Å²) in [4.78, 5) is 24.9. The Morgan fingerprint density at radius 1 is 0.932 bits per heavy atom. The van der Waals surface area contributed by atoms with Crippen molar-refractivity contribution in [1.29, 1.82) is 0 Å². The summed E-state index contributed by atoms with van der Waals surface area (Å²) in [6.07, 6.45) is 3.43. The number of carbonyl (C=O) groups excluding carboxylic acids is 2. The van der Waals surface area contributed by atoms with Crippen LogP contribution in [-0.2, 0) is 42.5 Å².